The lowest BCUT2D eigenvalue weighted by atomic mass is 10.1. The third-order valence-corrected chi connectivity index (χ3v) is 2.62. The second kappa shape index (κ2) is 9.95. The molecule has 0 radical (unpaired) electrons. The maximum atomic E-state index is 11.5. The van der Waals surface area contributed by atoms with E-state index in [2.05, 4.69) is 12.2 Å². The van der Waals surface area contributed by atoms with Crippen LogP contribution < -0.4 is 16.4 Å². The van der Waals surface area contributed by atoms with Gasteiger partial charge in [0.2, 0.25) is 0 Å². The average Bonchev–Trinajstić information content (AvgIpc) is 2.33. The number of unbranched alkanes of at least 4 members (excludes halogenated alkanes) is 4. The topological polar surface area (TPSA) is 108 Å². The number of amides is 3. The number of carbonyl (C=O) groups excluding carboxylic acids is 2. The number of nitrogens with one attached hydrogen (secondary N) is 2. The minimum atomic E-state index is -0.967. The van der Waals surface area contributed by atoms with Crippen LogP contribution in [-0.2, 0) is 4.79 Å². The monoisotopic (exact) mass is 266 g/mol. The number of primary amides is 1. The van der Waals surface area contributed by atoms with Crippen LogP contribution in [0.15, 0.2) is 11.3 Å². The Kier molecular flexibility index (Phi) is 8.88. The van der Waals surface area contributed by atoms with Crippen LogP contribution in [0.4, 0.5) is 4.79 Å². The number of nitrogens with zero attached hydrogens (tertiary/aromatic N) is 1. The lowest BCUT2D eigenvalue weighted by Crippen LogP contribution is -2.36. The van der Waals surface area contributed by atoms with E-state index < -0.39 is 11.9 Å². The van der Waals surface area contributed by atoms with Gasteiger partial charge in [-0.2, -0.15) is 5.26 Å². The average molecular weight is 266 g/mol. The molecule has 0 unspecified atom stereocenters. The first-order chi connectivity index (χ1) is 9.02. The first-order valence-electron chi connectivity index (χ1n) is 6.48. The molecule has 3 amide bonds. The maximum Gasteiger partial charge on any atom is 0.319 e. The fraction of sp³-hybridized carbons (Fsp3) is 0.615. The molecule has 0 spiro atoms. The first kappa shape index (κ1) is 17.0. The third-order valence-electron chi connectivity index (χ3n) is 2.62. The van der Waals surface area contributed by atoms with Gasteiger partial charge < -0.3 is 11.1 Å². The Morgan fingerprint density at radius 2 is 1.84 bits per heavy atom. The highest BCUT2D eigenvalue weighted by atomic mass is 16.2. The van der Waals surface area contributed by atoms with Crippen LogP contribution in [0.2, 0.25) is 0 Å². The Morgan fingerprint density at radius 3 is 2.37 bits per heavy atom. The van der Waals surface area contributed by atoms with E-state index in [1.807, 2.05) is 5.32 Å². The van der Waals surface area contributed by atoms with E-state index in [9.17, 15) is 9.59 Å². The number of imide groups is 1. The summed E-state index contributed by atoms with van der Waals surface area (Å²) in [6, 6.07) is 0.798. The molecule has 4 N–H and O–H groups in total. The molecule has 0 bridgehead atoms. The van der Waals surface area contributed by atoms with Crippen LogP contribution in [0.3, 0.4) is 0 Å². The minimum Gasteiger partial charge on any atom is -0.387 e. The summed E-state index contributed by atoms with van der Waals surface area (Å²) in [5, 5.41) is 13.8. The van der Waals surface area contributed by atoms with Gasteiger partial charge in [-0.15, -0.1) is 0 Å². The lowest BCUT2D eigenvalue weighted by Gasteiger charge is -2.08. The van der Waals surface area contributed by atoms with Crippen LogP contribution >= 0.6 is 0 Å². The number of rotatable bonds is 8. The van der Waals surface area contributed by atoms with Gasteiger partial charge in [-0.1, -0.05) is 32.6 Å². The molecule has 0 fully saturated rings. The van der Waals surface area contributed by atoms with Crippen molar-refractivity contribution in [2.75, 3.05) is 6.54 Å². The molecule has 6 heteroatoms. The zero-order chi connectivity index (χ0) is 14.7. The molecule has 0 aromatic carbocycles. The van der Waals surface area contributed by atoms with Gasteiger partial charge in [0.1, 0.15) is 11.6 Å². The fourth-order valence-corrected chi connectivity index (χ4v) is 1.57. The lowest BCUT2D eigenvalue weighted by molar-refractivity contribution is -0.116. The minimum absolute atomic E-state index is 0.118. The summed E-state index contributed by atoms with van der Waals surface area (Å²) in [6.45, 7) is 4.48. The Labute approximate surface area is 114 Å². The molecular weight excluding hydrogens is 244 g/mol. The van der Waals surface area contributed by atoms with Gasteiger partial charge in [-0.25, -0.2) is 4.79 Å². The van der Waals surface area contributed by atoms with E-state index in [4.69, 9.17) is 11.0 Å². The van der Waals surface area contributed by atoms with E-state index >= 15 is 0 Å². The molecule has 0 rings (SSSR count). The Morgan fingerprint density at radius 1 is 1.21 bits per heavy atom. The van der Waals surface area contributed by atoms with Crippen LogP contribution in [0.5, 0.6) is 0 Å². The SMILES string of the molecule is CCCCCCCN/C(C)=C(\C#N)C(=O)NC(N)=O. The van der Waals surface area contributed by atoms with Crippen molar-refractivity contribution in [1.29, 1.82) is 5.26 Å². The van der Waals surface area contributed by atoms with Gasteiger partial charge in [0.15, 0.2) is 0 Å². The molecule has 0 heterocycles. The second-order valence-electron chi connectivity index (χ2n) is 4.27. The number of hydrogen-bond acceptors (Lipinski definition) is 4. The van der Waals surface area contributed by atoms with Gasteiger partial charge in [0.25, 0.3) is 5.91 Å². The van der Waals surface area contributed by atoms with E-state index in [1.165, 1.54) is 19.3 Å². The van der Waals surface area contributed by atoms with Crippen LogP contribution in [0.25, 0.3) is 0 Å². The highest BCUT2D eigenvalue weighted by Gasteiger charge is 2.13. The molecule has 0 aliphatic heterocycles. The Balaban J connectivity index is 4.21. The molecular formula is C13H22N4O2. The molecule has 0 atom stereocenters. The molecule has 6 nitrogen and oxygen atoms in total. The summed E-state index contributed by atoms with van der Waals surface area (Å²) >= 11 is 0. The number of nitriles is 1. The second-order valence-corrected chi connectivity index (χ2v) is 4.27. The zero-order valence-electron chi connectivity index (χ0n) is 11.6. The van der Waals surface area contributed by atoms with Crippen molar-refractivity contribution in [1.82, 2.24) is 10.6 Å². The third kappa shape index (κ3) is 7.82. The zero-order valence-corrected chi connectivity index (χ0v) is 11.6. The number of carbonyl (C=O) groups is 2. The quantitative estimate of drug-likeness (QED) is 0.352. The number of allylic oxidation sites excluding steroid dienone is 1. The Hall–Kier alpha value is -2.03. The van der Waals surface area contributed by atoms with Crippen LogP contribution in [-0.4, -0.2) is 18.5 Å². The van der Waals surface area contributed by atoms with Crippen molar-refractivity contribution in [2.24, 2.45) is 5.73 Å². The van der Waals surface area contributed by atoms with E-state index in [-0.39, 0.29) is 5.57 Å². The molecule has 0 saturated carbocycles. The predicted molar refractivity (Wildman–Crippen MR) is 72.8 cm³/mol. The molecule has 0 aromatic heterocycles. The molecule has 19 heavy (non-hydrogen) atoms. The van der Waals surface area contributed by atoms with Gasteiger partial charge in [0.05, 0.1) is 0 Å². The van der Waals surface area contributed by atoms with Crippen molar-refractivity contribution >= 4 is 11.9 Å². The van der Waals surface area contributed by atoms with Crippen molar-refractivity contribution in [3.8, 4) is 6.07 Å². The molecule has 0 saturated heterocycles. The largest absolute Gasteiger partial charge is 0.387 e. The van der Waals surface area contributed by atoms with Gasteiger partial charge >= 0.3 is 6.03 Å². The van der Waals surface area contributed by atoms with Gasteiger partial charge in [-0.3, -0.25) is 10.1 Å². The molecule has 0 aliphatic carbocycles. The summed E-state index contributed by atoms with van der Waals surface area (Å²) in [7, 11) is 0. The fourth-order valence-electron chi connectivity index (χ4n) is 1.57. The van der Waals surface area contributed by atoms with Crippen molar-refractivity contribution < 1.29 is 9.59 Å². The van der Waals surface area contributed by atoms with Crippen LogP contribution in [0, 0.1) is 11.3 Å². The molecule has 0 aromatic rings. The normalized spacial score (nSPS) is 11.2. The van der Waals surface area contributed by atoms with Crippen molar-refractivity contribution in [3.63, 3.8) is 0 Å². The smallest absolute Gasteiger partial charge is 0.319 e. The summed E-state index contributed by atoms with van der Waals surface area (Å²) in [5.74, 6) is -0.772. The summed E-state index contributed by atoms with van der Waals surface area (Å²) in [6.07, 6.45) is 5.70. The number of hydrogen-bond donors (Lipinski definition) is 3. The number of nitrogens with two attached hydrogens (primary N) is 1. The summed E-state index contributed by atoms with van der Waals surface area (Å²) < 4.78 is 0. The highest BCUT2D eigenvalue weighted by Crippen LogP contribution is 2.03. The van der Waals surface area contributed by atoms with E-state index in [0.717, 1.165) is 12.8 Å². The molecule has 106 valence electrons. The van der Waals surface area contributed by atoms with Crippen molar-refractivity contribution in [2.45, 2.75) is 46.0 Å². The standard InChI is InChI=1S/C13H22N4O2/c1-3-4-5-6-7-8-16-10(2)11(9-14)12(18)17-13(15)19/h16H,3-8H2,1-2H3,(H3,15,17,18,19)/b11-10+. The predicted octanol–water partition coefficient (Wildman–Crippen LogP) is 1.54. The summed E-state index contributed by atoms with van der Waals surface area (Å²) in [5.41, 5.74) is 5.17. The van der Waals surface area contributed by atoms with E-state index in [1.54, 1.807) is 13.0 Å². The van der Waals surface area contributed by atoms with Gasteiger partial charge in [-0.05, 0) is 13.3 Å². The number of urea groups is 1. The maximum absolute atomic E-state index is 11.5. The van der Waals surface area contributed by atoms with Crippen molar-refractivity contribution in [3.05, 3.63) is 11.3 Å². The van der Waals surface area contributed by atoms with E-state index in [0.29, 0.717) is 12.2 Å². The summed E-state index contributed by atoms with van der Waals surface area (Å²) in [4.78, 5) is 22.0. The first-order valence-corrected chi connectivity index (χ1v) is 6.48. The highest BCUT2D eigenvalue weighted by molar-refractivity contribution is 6.06. The molecule has 0 aliphatic rings. The Bertz CT molecular complexity index is 383. The van der Waals surface area contributed by atoms with Crippen LogP contribution in [0.1, 0.15) is 46.0 Å². The van der Waals surface area contributed by atoms with Gasteiger partial charge in [0, 0.05) is 12.2 Å².